The minimum atomic E-state index is -3.80. The summed E-state index contributed by atoms with van der Waals surface area (Å²) >= 11 is 2.97. The van der Waals surface area contributed by atoms with Gasteiger partial charge in [-0.2, -0.15) is 0 Å². The molecule has 1 fully saturated rings. The molecule has 1 aliphatic rings. The van der Waals surface area contributed by atoms with E-state index in [-0.39, 0.29) is 9.37 Å². The molecule has 2 rings (SSSR count). The summed E-state index contributed by atoms with van der Waals surface area (Å²) in [6.45, 7) is 0. The van der Waals surface area contributed by atoms with E-state index >= 15 is 0 Å². The molecule has 0 unspecified atom stereocenters. The molecule has 1 aliphatic carbocycles. The van der Waals surface area contributed by atoms with Gasteiger partial charge in [0.25, 0.3) is 0 Å². The molecule has 0 amide bonds. The maximum absolute atomic E-state index is 13.4. The quantitative estimate of drug-likeness (QED) is 0.876. The van der Waals surface area contributed by atoms with Crippen LogP contribution in [-0.2, 0) is 10.0 Å². The van der Waals surface area contributed by atoms with Crippen molar-refractivity contribution >= 4 is 26.0 Å². The van der Waals surface area contributed by atoms with Crippen LogP contribution >= 0.6 is 15.9 Å². The highest BCUT2D eigenvalue weighted by atomic mass is 79.9. The zero-order valence-electron chi connectivity index (χ0n) is 10.1. The molecular formula is C12H15BrFNO3S. The van der Waals surface area contributed by atoms with E-state index in [1.807, 2.05) is 0 Å². The van der Waals surface area contributed by atoms with Crippen molar-refractivity contribution in [3.63, 3.8) is 0 Å². The fourth-order valence-electron chi connectivity index (χ4n) is 2.16. The third kappa shape index (κ3) is 3.53. The normalized spacial score (nSPS) is 24.4. The van der Waals surface area contributed by atoms with Crippen LogP contribution in [0.3, 0.4) is 0 Å². The third-order valence-electron chi connectivity index (χ3n) is 3.24. The van der Waals surface area contributed by atoms with E-state index < -0.39 is 28.0 Å². The second-order valence-electron chi connectivity index (χ2n) is 4.66. The molecule has 0 aromatic heterocycles. The Kier molecular flexibility index (Phi) is 4.60. The molecular weight excluding hydrogens is 337 g/mol. The van der Waals surface area contributed by atoms with Crippen molar-refractivity contribution in [2.45, 2.75) is 42.7 Å². The summed E-state index contributed by atoms with van der Waals surface area (Å²) in [6, 6.07) is 3.14. The Morgan fingerprint density at radius 1 is 1.32 bits per heavy atom. The Hall–Kier alpha value is -0.500. The predicted molar refractivity (Wildman–Crippen MR) is 72.7 cm³/mol. The largest absolute Gasteiger partial charge is 0.391 e. The number of hydrogen-bond donors (Lipinski definition) is 2. The van der Waals surface area contributed by atoms with Crippen LogP contribution in [0.4, 0.5) is 4.39 Å². The smallest absolute Gasteiger partial charge is 0.241 e. The number of benzene rings is 1. The lowest BCUT2D eigenvalue weighted by molar-refractivity contribution is 0.101. The molecule has 19 heavy (non-hydrogen) atoms. The molecule has 0 bridgehead atoms. The van der Waals surface area contributed by atoms with Gasteiger partial charge >= 0.3 is 0 Å². The van der Waals surface area contributed by atoms with E-state index in [4.69, 9.17) is 0 Å². The molecule has 1 aromatic carbocycles. The fourth-order valence-corrected chi connectivity index (χ4v) is 3.72. The van der Waals surface area contributed by atoms with Gasteiger partial charge in [-0.1, -0.05) is 12.8 Å². The van der Waals surface area contributed by atoms with Crippen molar-refractivity contribution in [3.8, 4) is 0 Å². The van der Waals surface area contributed by atoms with Gasteiger partial charge in [0.15, 0.2) is 0 Å². The van der Waals surface area contributed by atoms with E-state index in [1.54, 1.807) is 0 Å². The summed E-state index contributed by atoms with van der Waals surface area (Å²) < 4.78 is 40.2. The lowest BCUT2D eigenvalue weighted by atomic mass is 9.93. The second kappa shape index (κ2) is 5.87. The topological polar surface area (TPSA) is 66.4 Å². The molecule has 4 nitrogen and oxygen atoms in total. The fraction of sp³-hybridized carbons (Fsp3) is 0.500. The molecule has 0 spiro atoms. The van der Waals surface area contributed by atoms with Crippen molar-refractivity contribution < 1.29 is 17.9 Å². The number of halogens is 2. The first kappa shape index (κ1) is 14.9. The van der Waals surface area contributed by atoms with Gasteiger partial charge in [-0.3, -0.25) is 0 Å². The van der Waals surface area contributed by atoms with Crippen molar-refractivity contribution in [3.05, 3.63) is 28.5 Å². The van der Waals surface area contributed by atoms with Crippen LogP contribution in [0.2, 0.25) is 0 Å². The van der Waals surface area contributed by atoms with Crippen molar-refractivity contribution in [1.82, 2.24) is 4.72 Å². The van der Waals surface area contributed by atoms with Crippen LogP contribution < -0.4 is 4.72 Å². The highest BCUT2D eigenvalue weighted by molar-refractivity contribution is 9.10. The van der Waals surface area contributed by atoms with Crippen LogP contribution in [0.5, 0.6) is 0 Å². The Bertz CT molecular complexity index is 564. The Morgan fingerprint density at radius 2 is 2.00 bits per heavy atom. The number of aliphatic hydroxyl groups excluding tert-OH is 1. The molecule has 1 saturated carbocycles. The van der Waals surface area contributed by atoms with Crippen molar-refractivity contribution in [1.29, 1.82) is 0 Å². The number of aliphatic hydroxyl groups is 1. The van der Waals surface area contributed by atoms with Crippen LogP contribution in [-0.4, -0.2) is 25.7 Å². The Balaban J connectivity index is 2.19. The maximum atomic E-state index is 13.4. The number of rotatable bonds is 3. The highest BCUT2D eigenvalue weighted by Gasteiger charge is 2.28. The highest BCUT2D eigenvalue weighted by Crippen LogP contribution is 2.22. The zero-order chi connectivity index (χ0) is 14.0. The maximum Gasteiger partial charge on any atom is 0.241 e. The molecule has 2 atom stereocenters. The van der Waals surface area contributed by atoms with Gasteiger partial charge < -0.3 is 5.11 Å². The van der Waals surface area contributed by atoms with E-state index in [2.05, 4.69) is 20.7 Å². The lowest BCUT2D eigenvalue weighted by Crippen LogP contribution is -2.44. The first-order valence-electron chi connectivity index (χ1n) is 6.05. The first-order valence-corrected chi connectivity index (χ1v) is 8.33. The molecule has 0 aliphatic heterocycles. The van der Waals surface area contributed by atoms with Gasteiger partial charge in [0.2, 0.25) is 10.0 Å². The van der Waals surface area contributed by atoms with Gasteiger partial charge in [-0.15, -0.1) is 0 Å². The summed E-state index contributed by atoms with van der Waals surface area (Å²) in [5, 5.41) is 9.77. The molecule has 0 radical (unpaired) electrons. The van der Waals surface area contributed by atoms with Crippen LogP contribution in [0.25, 0.3) is 0 Å². The summed E-state index contributed by atoms with van der Waals surface area (Å²) in [5.74, 6) is -0.632. The second-order valence-corrected chi connectivity index (χ2v) is 7.22. The van der Waals surface area contributed by atoms with E-state index in [9.17, 15) is 17.9 Å². The molecule has 1 aromatic rings. The van der Waals surface area contributed by atoms with Gasteiger partial charge in [-0.25, -0.2) is 17.5 Å². The van der Waals surface area contributed by atoms with Crippen molar-refractivity contribution in [2.24, 2.45) is 0 Å². The van der Waals surface area contributed by atoms with Crippen LogP contribution in [0.1, 0.15) is 25.7 Å². The molecule has 106 valence electrons. The summed E-state index contributed by atoms with van der Waals surface area (Å²) in [7, 11) is -3.80. The number of nitrogens with one attached hydrogen (secondary N) is 1. The summed E-state index contributed by atoms with van der Waals surface area (Å²) in [5.41, 5.74) is 0. The van der Waals surface area contributed by atoms with Gasteiger partial charge in [0, 0.05) is 6.04 Å². The molecule has 7 heteroatoms. The molecule has 0 saturated heterocycles. The van der Waals surface area contributed by atoms with Crippen LogP contribution in [0, 0.1) is 5.82 Å². The standard InChI is InChI=1S/C12H15BrFNO3S/c13-9-6-5-8(7-10(9)14)19(17,18)15-11-3-1-2-4-12(11)16/h5-7,11-12,15-16H,1-4H2/t11-,12-/m1/s1. The van der Waals surface area contributed by atoms with E-state index in [1.165, 1.54) is 12.1 Å². The van der Waals surface area contributed by atoms with Crippen molar-refractivity contribution in [2.75, 3.05) is 0 Å². The molecule has 2 N–H and O–H groups in total. The molecule has 0 heterocycles. The van der Waals surface area contributed by atoms with Crippen LogP contribution in [0.15, 0.2) is 27.6 Å². The van der Waals surface area contributed by atoms with E-state index in [0.717, 1.165) is 18.9 Å². The van der Waals surface area contributed by atoms with Gasteiger partial charge in [-0.05, 0) is 47.0 Å². The summed E-state index contributed by atoms with van der Waals surface area (Å²) in [4.78, 5) is -0.133. The summed E-state index contributed by atoms with van der Waals surface area (Å²) in [6.07, 6.45) is 2.27. The first-order chi connectivity index (χ1) is 8.90. The lowest BCUT2D eigenvalue weighted by Gasteiger charge is -2.28. The SMILES string of the molecule is O=S(=O)(N[C@@H]1CCCC[C@H]1O)c1ccc(Br)c(F)c1. The average Bonchev–Trinajstić information content (AvgIpc) is 2.35. The van der Waals surface area contributed by atoms with Gasteiger partial charge in [0.05, 0.1) is 15.5 Å². The number of sulfonamides is 1. The van der Waals surface area contributed by atoms with E-state index in [0.29, 0.717) is 12.8 Å². The third-order valence-corrected chi connectivity index (χ3v) is 5.37. The number of hydrogen-bond acceptors (Lipinski definition) is 3. The minimum Gasteiger partial charge on any atom is -0.391 e. The average molecular weight is 352 g/mol. The Morgan fingerprint density at radius 3 is 2.63 bits per heavy atom. The zero-order valence-corrected chi connectivity index (χ0v) is 12.5. The predicted octanol–water partition coefficient (Wildman–Crippen LogP) is 2.17. The Labute approximate surface area is 120 Å². The van der Waals surface area contributed by atoms with Gasteiger partial charge in [0.1, 0.15) is 5.82 Å². The monoisotopic (exact) mass is 351 g/mol. The minimum absolute atomic E-state index is 0.133.